The van der Waals surface area contributed by atoms with Crippen molar-refractivity contribution >= 4 is 11.3 Å². The van der Waals surface area contributed by atoms with E-state index in [9.17, 15) is 0 Å². The van der Waals surface area contributed by atoms with Crippen LogP contribution in [0.2, 0.25) is 0 Å². The molecule has 0 saturated carbocycles. The van der Waals surface area contributed by atoms with Gasteiger partial charge < -0.3 is 5.32 Å². The van der Waals surface area contributed by atoms with Crippen LogP contribution < -0.4 is 5.32 Å². The van der Waals surface area contributed by atoms with Crippen LogP contribution in [0.5, 0.6) is 0 Å². The third-order valence-electron chi connectivity index (χ3n) is 2.31. The van der Waals surface area contributed by atoms with Crippen LogP contribution in [0.15, 0.2) is 11.7 Å². The van der Waals surface area contributed by atoms with Crippen LogP contribution in [0.3, 0.4) is 0 Å². The van der Waals surface area contributed by atoms with E-state index in [0.717, 1.165) is 13.1 Å². The van der Waals surface area contributed by atoms with Crippen molar-refractivity contribution in [3.05, 3.63) is 16.6 Å². The van der Waals surface area contributed by atoms with Crippen LogP contribution in [-0.2, 0) is 6.54 Å². The summed E-state index contributed by atoms with van der Waals surface area (Å²) in [6, 6.07) is 0. The molecule has 0 atom stereocenters. The standard InChI is InChI=1S/C12H22N2S/c1-12(2,3)6-4-5-7-13-8-11-9-14-10-15-11/h9-10,13H,4-8H2,1-3H3. The molecule has 0 aliphatic carbocycles. The minimum Gasteiger partial charge on any atom is -0.312 e. The van der Waals surface area contributed by atoms with Gasteiger partial charge in [0, 0.05) is 17.6 Å². The fourth-order valence-electron chi connectivity index (χ4n) is 1.45. The van der Waals surface area contributed by atoms with Crippen LogP contribution in [0.4, 0.5) is 0 Å². The van der Waals surface area contributed by atoms with Crippen molar-refractivity contribution in [1.82, 2.24) is 10.3 Å². The number of thiazole rings is 1. The van der Waals surface area contributed by atoms with Crippen molar-refractivity contribution in [2.45, 2.75) is 46.6 Å². The van der Waals surface area contributed by atoms with E-state index >= 15 is 0 Å². The molecule has 86 valence electrons. The third kappa shape index (κ3) is 6.63. The van der Waals surface area contributed by atoms with E-state index in [0.29, 0.717) is 5.41 Å². The Kier molecular flexibility index (Phi) is 5.26. The molecule has 0 aliphatic heterocycles. The molecule has 0 bridgehead atoms. The quantitative estimate of drug-likeness (QED) is 0.752. The van der Waals surface area contributed by atoms with Crippen LogP contribution in [0.1, 0.15) is 44.9 Å². The van der Waals surface area contributed by atoms with Crippen LogP contribution in [-0.4, -0.2) is 11.5 Å². The molecule has 1 aromatic heterocycles. The number of nitrogens with zero attached hydrogens (tertiary/aromatic N) is 1. The molecule has 1 aromatic rings. The minimum atomic E-state index is 0.484. The Morgan fingerprint density at radius 3 is 2.73 bits per heavy atom. The maximum atomic E-state index is 4.05. The molecule has 15 heavy (non-hydrogen) atoms. The molecule has 1 N–H and O–H groups in total. The Balaban J connectivity index is 1.94. The number of unbranched alkanes of at least 4 members (excludes halogenated alkanes) is 1. The topological polar surface area (TPSA) is 24.9 Å². The van der Waals surface area contributed by atoms with Gasteiger partial charge in [-0.15, -0.1) is 11.3 Å². The van der Waals surface area contributed by atoms with Gasteiger partial charge in [-0.1, -0.05) is 27.2 Å². The van der Waals surface area contributed by atoms with Gasteiger partial charge in [0.15, 0.2) is 0 Å². The molecule has 2 nitrogen and oxygen atoms in total. The second-order valence-electron chi connectivity index (χ2n) is 5.16. The molecule has 0 fully saturated rings. The van der Waals surface area contributed by atoms with Crippen molar-refractivity contribution in [2.24, 2.45) is 5.41 Å². The second-order valence-corrected chi connectivity index (χ2v) is 6.13. The summed E-state index contributed by atoms with van der Waals surface area (Å²) in [6.07, 6.45) is 5.84. The first-order valence-corrected chi connectivity index (χ1v) is 6.54. The monoisotopic (exact) mass is 226 g/mol. The van der Waals surface area contributed by atoms with Gasteiger partial charge in [-0.2, -0.15) is 0 Å². The number of hydrogen-bond acceptors (Lipinski definition) is 3. The van der Waals surface area contributed by atoms with Gasteiger partial charge >= 0.3 is 0 Å². The number of nitrogens with one attached hydrogen (secondary N) is 1. The number of hydrogen-bond donors (Lipinski definition) is 1. The first kappa shape index (κ1) is 12.7. The molecular weight excluding hydrogens is 204 g/mol. The predicted octanol–water partition coefficient (Wildman–Crippen LogP) is 3.45. The first-order chi connectivity index (χ1) is 7.08. The van der Waals surface area contributed by atoms with E-state index in [1.165, 1.54) is 24.1 Å². The van der Waals surface area contributed by atoms with Gasteiger partial charge in [0.05, 0.1) is 5.51 Å². The highest BCUT2D eigenvalue weighted by atomic mass is 32.1. The molecular formula is C12H22N2S. The lowest BCUT2D eigenvalue weighted by Gasteiger charge is -2.17. The zero-order chi connectivity index (χ0) is 11.1. The smallest absolute Gasteiger partial charge is 0.0794 e. The summed E-state index contributed by atoms with van der Waals surface area (Å²) in [5.41, 5.74) is 2.37. The summed E-state index contributed by atoms with van der Waals surface area (Å²) >= 11 is 1.72. The number of aromatic nitrogens is 1. The summed E-state index contributed by atoms with van der Waals surface area (Å²) in [5.74, 6) is 0. The largest absolute Gasteiger partial charge is 0.312 e. The lowest BCUT2D eigenvalue weighted by molar-refractivity contribution is 0.358. The fourth-order valence-corrected chi connectivity index (χ4v) is 2.01. The molecule has 0 radical (unpaired) electrons. The van der Waals surface area contributed by atoms with Crippen molar-refractivity contribution in [2.75, 3.05) is 6.54 Å². The normalized spacial score (nSPS) is 11.9. The Bertz CT molecular complexity index is 249. The third-order valence-corrected chi connectivity index (χ3v) is 3.09. The summed E-state index contributed by atoms with van der Waals surface area (Å²) in [5, 5.41) is 3.44. The molecule has 0 saturated heterocycles. The molecule has 0 spiro atoms. The first-order valence-electron chi connectivity index (χ1n) is 5.66. The highest BCUT2D eigenvalue weighted by Gasteiger charge is 2.08. The van der Waals surface area contributed by atoms with E-state index in [2.05, 4.69) is 31.1 Å². The van der Waals surface area contributed by atoms with Gasteiger partial charge in [-0.25, -0.2) is 0 Å². The van der Waals surface area contributed by atoms with E-state index in [-0.39, 0.29) is 0 Å². The van der Waals surface area contributed by atoms with Crippen molar-refractivity contribution < 1.29 is 0 Å². The lowest BCUT2D eigenvalue weighted by Crippen LogP contribution is -2.14. The van der Waals surface area contributed by atoms with Gasteiger partial charge in [-0.3, -0.25) is 4.98 Å². The predicted molar refractivity (Wildman–Crippen MR) is 67.1 cm³/mol. The van der Waals surface area contributed by atoms with Crippen LogP contribution in [0, 0.1) is 5.41 Å². The minimum absolute atomic E-state index is 0.484. The molecule has 3 heteroatoms. The van der Waals surface area contributed by atoms with Crippen molar-refractivity contribution in [3.8, 4) is 0 Å². The maximum Gasteiger partial charge on any atom is 0.0794 e. The average molecular weight is 226 g/mol. The molecule has 0 aliphatic rings. The van der Waals surface area contributed by atoms with Gasteiger partial charge in [-0.05, 0) is 24.8 Å². The Morgan fingerprint density at radius 2 is 2.13 bits per heavy atom. The highest BCUT2D eigenvalue weighted by molar-refractivity contribution is 7.09. The van der Waals surface area contributed by atoms with E-state index in [4.69, 9.17) is 0 Å². The summed E-state index contributed by atoms with van der Waals surface area (Å²) in [7, 11) is 0. The maximum absolute atomic E-state index is 4.05. The van der Waals surface area contributed by atoms with Gasteiger partial charge in [0.1, 0.15) is 0 Å². The molecule has 1 rings (SSSR count). The highest BCUT2D eigenvalue weighted by Crippen LogP contribution is 2.21. The van der Waals surface area contributed by atoms with E-state index < -0.39 is 0 Å². The van der Waals surface area contributed by atoms with Crippen molar-refractivity contribution in [3.63, 3.8) is 0 Å². The van der Waals surface area contributed by atoms with Gasteiger partial charge in [0.25, 0.3) is 0 Å². The Hall–Kier alpha value is -0.410. The Morgan fingerprint density at radius 1 is 1.33 bits per heavy atom. The SMILES string of the molecule is CC(C)(C)CCCCNCc1cncs1. The van der Waals surface area contributed by atoms with E-state index in [1.807, 2.05) is 11.7 Å². The molecule has 0 unspecified atom stereocenters. The fraction of sp³-hybridized carbons (Fsp3) is 0.750. The molecule has 1 heterocycles. The van der Waals surface area contributed by atoms with E-state index in [1.54, 1.807) is 11.3 Å². The zero-order valence-electron chi connectivity index (χ0n) is 10.0. The van der Waals surface area contributed by atoms with Crippen molar-refractivity contribution in [1.29, 1.82) is 0 Å². The average Bonchev–Trinajstić information content (AvgIpc) is 2.61. The molecule has 0 amide bonds. The van der Waals surface area contributed by atoms with Gasteiger partial charge in [0.2, 0.25) is 0 Å². The molecule has 0 aromatic carbocycles. The lowest BCUT2D eigenvalue weighted by atomic mass is 9.90. The summed E-state index contributed by atoms with van der Waals surface area (Å²) < 4.78 is 0. The zero-order valence-corrected chi connectivity index (χ0v) is 10.9. The van der Waals surface area contributed by atoms with Crippen LogP contribution >= 0.6 is 11.3 Å². The summed E-state index contributed by atoms with van der Waals surface area (Å²) in [6.45, 7) is 9.00. The second kappa shape index (κ2) is 6.23. The Labute approximate surface area is 97.1 Å². The van der Waals surface area contributed by atoms with Crippen LogP contribution in [0.25, 0.3) is 0 Å². The number of rotatable bonds is 6. The summed E-state index contributed by atoms with van der Waals surface area (Å²) in [4.78, 5) is 5.37.